The summed E-state index contributed by atoms with van der Waals surface area (Å²) >= 11 is 0. The van der Waals surface area contributed by atoms with E-state index in [0.29, 0.717) is 0 Å². The maximum absolute atomic E-state index is 13.6. The van der Waals surface area contributed by atoms with Gasteiger partial charge in [0.25, 0.3) is 5.91 Å². The lowest BCUT2D eigenvalue weighted by molar-refractivity contribution is -0.127. The third-order valence-electron chi connectivity index (χ3n) is 3.03. The van der Waals surface area contributed by atoms with Gasteiger partial charge < -0.3 is 15.2 Å². The Kier molecular flexibility index (Phi) is 4.04. The average Bonchev–Trinajstić information content (AvgIpc) is 3.12. The highest BCUT2D eigenvalue weighted by Crippen LogP contribution is 2.23. The van der Waals surface area contributed by atoms with Crippen LogP contribution >= 0.6 is 0 Å². The molecule has 1 aliphatic carbocycles. The van der Waals surface area contributed by atoms with Gasteiger partial charge in [-0.1, -0.05) is 0 Å². The zero-order chi connectivity index (χ0) is 14.0. The fourth-order valence-electron chi connectivity index (χ4n) is 1.72. The minimum Gasteiger partial charge on any atom is -0.481 e. The Morgan fingerprint density at radius 2 is 2.16 bits per heavy atom. The fourth-order valence-corrected chi connectivity index (χ4v) is 1.72. The Morgan fingerprint density at radius 3 is 2.68 bits per heavy atom. The molecule has 0 radical (unpaired) electrons. The molecule has 1 aliphatic rings. The molecule has 0 heterocycles. The van der Waals surface area contributed by atoms with Gasteiger partial charge in [0.1, 0.15) is 11.6 Å². The van der Waals surface area contributed by atoms with Crippen molar-refractivity contribution < 1.29 is 19.0 Å². The number of rotatable bonds is 5. The van der Waals surface area contributed by atoms with E-state index in [4.69, 9.17) is 4.74 Å². The van der Waals surface area contributed by atoms with Gasteiger partial charge in [0.2, 0.25) is 0 Å². The summed E-state index contributed by atoms with van der Waals surface area (Å²) in [6, 6.07) is 4.46. The molecule has 2 rings (SSSR count). The van der Waals surface area contributed by atoms with Crippen LogP contribution in [0.25, 0.3) is 0 Å². The van der Waals surface area contributed by atoms with Crippen molar-refractivity contribution in [2.24, 2.45) is 0 Å². The molecule has 2 N–H and O–H groups in total. The second-order valence-electron chi connectivity index (χ2n) is 4.90. The molecule has 1 amide bonds. The summed E-state index contributed by atoms with van der Waals surface area (Å²) in [7, 11) is 0. The lowest BCUT2D eigenvalue weighted by atomic mass is 10.1. The number of benzene rings is 1. The Bertz CT molecular complexity index is 472. The first-order chi connectivity index (χ1) is 8.97. The monoisotopic (exact) mass is 267 g/mol. The first-order valence-corrected chi connectivity index (χ1v) is 6.42. The highest BCUT2D eigenvalue weighted by molar-refractivity contribution is 5.81. The number of nitrogens with one attached hydrogen (secondary N) is 1. The molecule has 0 bridgehead atoms. The third kappa shape index (κ3) is 3.67. The molecular formula is C14H18FNO3. The van der Waals surface area contributed by atoms with Crippen LogP contribution in [0.2, 0.25) is 0 Å². The van der Waals surface area contributed by atoms with Crippen molar-refractivity contribution in [3.05, 3.63) is 29.6 Å². The molecule has 0 aliphatic heterocycles. The predicted molar refractivity (Wildman–Crippen MR) is 68.3 cm³/mol. The maximum atomic E-state index is 13.6. The normalized spacial score (nSPS) is 17.7. The lowest BCUT2D eigenvalue weighted by Crippen LogP contribution is -2.37. The smallest absolute Gasteiger partial charge is 0.260 e. The highest BCUT2D eigenvalue weighted by atomic mass is 19.1. The number of hydrogen-bond acceptors (Lipinski definition) is 3. The van der Waals surface area contributed by atoms with Gasteiger partial charge in [0.05, 0.1) is 6.10 Å². The second kappa shape index (κ2) is 5.57. The number of ether oxygens (including phenoxy) is 1. The average molecular weight is 267 g/mol. The molecule has 1 aromatic rings. The van der Waals surface area contributed by atoms with Crippen LogP contribution < -0.4 is 10.1 Å². The minimum atomic E-state index is -0.871. The molecule has 19 heavy (non-hydrogen) atoms. The van der Waals surface area contributed by atoms with E-state index in [1.165, 1.54) is 19.1 Å². The Balaban J connectivity index is 1.98. The van der Waals surface area contributed by atoms with E-state index in [0.717, 1.165) is 12.8 Å². The molecule has 2 atom stereocenters. The molecule has 0 spiro atoms. The maximum Gasteiger partial charge on any atom is 0.260 e. The SMILES string of the molecule is CC(Oc1ccc([C@H](C)O)c(F)c1)C(=O)NC1CC1. The van der Waals surface area contributed by atoms with E-state index in [1.807, 2.05) is 0 Å². The zero-order valence-electron chi connectivity index (χ0n) is 11.0. The summed E-state index contributed by atoms with van der Waals surface area (Å²) < 4.78 is 19.0. The van der Waals surface area contributed by atoms with Crippen LogP contribution in [0.15, 0.2) is 18.2 Å². The molecule has 0 saturated heterocycles. The Morgan fingerprint density at radius 1 is 1.47 bits per heavy atom. The number of hydrogen-bond donors (Lipinski definition) is 2. The van der Waals surface area contributed by atoms with Gasteiger partial charge in [-0.2, -0.15) is 0 Å². The summed E-state index contributed by atoms with van der Waals surface area (Å²) in [5.41, 5.74) is 0.211. The molecule has 1 unspecified atom stereocenters. The van der Waals surface area contributed by atoms with Crippen molar-refractivity contribution in [2.45, 2.75) is 44.9 Å². The van der Waals surface area contributed by atoms with E-state index >= 15 is 0 Å². The van der Waals surface area contributed by atoms with Crippen LogP contribution in [0.3, 0.4) is 0 Å². The minimum absolute atomic E-state index is 0.192. The van der Waals surface area contributed by atoms with Gasteiger partial charge in [-0.3, -0.25) is 4.79 Å². The van der Waals surface area contributed by atoms with E-state index < -0.39 is 18.0 Å². The standard InChI is InChI=1S/C14H18FNO3/c1-8(17)12-6-5-11(7-13(12)15)19-9(2)14(18)16-10-3-4-10/h5-10,17H,3-4H2,1-2H3,(H,16,18)/t8-,9?/m0/s1. The van der Waals surface area contributed by atoms with Gasteiger partial charge in [-0.15, -0.1) is 0 Å². The summed E-state index contributed by atoms with van der Waals surface area (Å²) in [5, 5.41) is 12.1. The first kappa shape index (κ1) is 13.8. The van der Waals surface area contributed by atoms with Crippen molar-refractivity contribution in [1.29, 1.82) is 0 Å². The molecule has 104 valence electrons. The molecule has 1 aromatic carbocycles. The Labute approximate surface area is 111 Å². The van der Waals surface area contributed by atoms with Gasteiger partial charge in [-0.25, -0.2) is 4.39 Å². The topological polar surface area (TPSA) is 58.6 Å². The van der Waals surface area contributed by atoms with Gasteiger partial charge >= 0.3 is 0 Å². The number of halogens is 1. The van der Waals surface area contributed by atoms with E-state index in [1.54, 1.807) is 13.0 Å². The number of carbonyl (C=O) groups excluding carboxylic acids is 1. The summed E-state index contributed by atoms with van der Waals surface area (Å²) in [4.78, 5) is 11.7. The third-order valence-corrected chi connectivity index (χ3v) is 3.03. The quantitative estimate of drug-likeness (QED) is 0.857. The van der Waals surface area contributed by atoms with Crippen molar-refractivity contribution >= 4 is 5.91 Å². The van der Waals surface area contributed by atoms with Crippen molar-refractivity contribution in [1.82, 2.24) is 5.32 Å². The molecule has 4 nitrogen and oxygen atoms in total. The number of amides is 1. The summed E-state index contributed by atoms with van der Waals surface area (Å²) in [6.07, 6.45) is 0.480. The van der Waals surface area contributed by atoms with Crippen LogP contribution in [0.1, 0.15) is 38.4 Å². The van der Waals surface area contributed by atoms with Crippen molar-refractivity contribution in [3.63, 3.8) is 0 Å². The van der Waals surface area contributed by atoms with Gasteiger partial charge in [0, 0.05) is 17.7 Å². The molecular weight excluding hydrogens is 249 g/mol. The molecule has 1 saturated carbocycles. The van der Waals surface area contributed by atoms with Crippen LogP contribution in [0, 0.1) is 5.82 Å². The van der Waals surface area contributed by atoms with Crippen LogP contribution in [0.5, 0.6) is 5.75 Å². The summed E-state index contributed by atoms with van der Waals surface area (Å²) in [5.74, 6) is -0.454. The number of aliphatic hydroxyl groups is 1. The lowest BCUT2D eigenvalue weighted by Gasteiger charge is -2.15. The molecule has 0 aromatic heterocycles. The first-order valence-electron chi connectivity index (χ1n) is 6.42. The van der Waals surface area contributed by atoms with E-state index in [-0.39, 0.29) is 23.3 Å². The molecule has 5 heteroatoms. The van der Waals surface area contributed by atoms with Crippen LogP contribution in [-0.2, 0) is 4.79 Å². The van der Waals surface area contributed by atoms with Crippen molar-refractivity contribution in [3.8, 4) is 5.75 Å². The van der Waals surface area contributed by atoms with Crippen LogP contribution in [0.4, 0.5) is 4.39 Å². The zero-order valence-corrected chi connectivity index (χ0v) is 11.0. The van der Waals surface area contributed by atoms with E-state index in [2.05, 4.69) is 5.32 Å². The highest BCUT2D eigenvalue weighted by Gasteiger charge is 2.26. The van der Waals surface area contributed by atoms with Crippen molar-refractivity contribution in [2.75, 3.05) is 0 Å². The van der Waals surface area contributed by atoms with Crippen LogP contribution in [-0.4, -0.2) is 23.2 Å². The second-order valence-corrected chi connectivity index (χ2v) is 4.90. The van der Waals surface area contributed by atoms with E-state index in [9.17, 15) is 14.3 Å². The largest absolute Gasteiger partial charge is 0.481 e. The Hall–Kier alpha value is -1.62. The summed E-state index contributed by atoms with van der Waals surface area (Å²) in [6.45, 7) is 3.11. The number of aliphatic hydroxyl groups excluding tert-OH is 1. The number of carbonyl (C=O) groups is 1. The van der Waals surface area contributed by atoms with Gasteiger partial charge in [0.15, 0.2) is 6.10 Å². The fraction of sp³-hybridized carbons (Fsp3) is 0.500. The van der Waals surface area contributed by atoms with Gasteiger partial charge in [-0.05, 0) is 38.8 Å². The molecule has 1 fully saturated rings. The predicted octanol–water partition coefficient (Wildman–Crippen LogP) is 1.92.